The van der Waals surface area contributed by atoms with Crippen LogP contribution in [0.1, 0.15) is 29.8 Å². The topological polar surface area (TPSA) is 81.5 Å². The van der Waals surface area contributed by atoms with E-state index in [-0.39, 0.29) is 43.2 Å². The number of carbonyl (C=O) groups is 1. The maximum absolute atomic E-state index is 13.6. The summed E-state index contributed by atoms with van der Waals surface area (Å²) in [6, 6.07) is 14.9. The first-order chi connectivity index (χ1) is 21.6. The van der Waals surface area contributed by atoms with Crippen LogP contribution in [0.25, 0.3) is 20.4 Å². The van der Waals surface area contributed by atoms with Crippen molar-refractivity contribution in [1.82, 2.24) is 9.97 Å². The van der Waals surface area contributed by atoms with Gasteiger partial charge in [-0.2, -0.15) is 23.1 Å². The number of aromatic nitrogens is 2. The molecule has 238 valence electrons. The molecule has 1 N–H and O–H groups in total. The molecule has 15 heteroatoms. The third-order valence-corrected chi connectivity index (χ3v) is 8.19. The van der Waals surface area contributed by atoms with E-state index in [4.69, 9.17) is 9.47 Å². The first-order valence-electron chi connectivity index (χ1n) is 13.0. The molecule has 0 amide bonds. The van der Waals surface area contributed by atoms with Gasteiger partial charge in [-0.05, 0) is 67.9 Å². The third kappa shape index (κ3) is 7.11. The number of ether oxygens (including phenoxy) is 2. The van der Waals surface area contributed by atoms with E-state index in [1.54, 1.807) is 24.3 Å². The van der Waals surface area contributed by atoms with Crippen LogP contribution in [0.15, 0.2) is 72.8 Å². The summed E-state index contributed by atoms with van der Waals surface area (Å²) in [5, 5.41) is 9.82. The Balaban J connectivity index is 0.000000184. The number of nitrogens with zero attached hydrogens (tertiary/aromatic N) is 2. The molecule has 0 aliphatic carbocycles. The highest BCUT2D eigenvalue weighted by Crippen LogP contribution is 2.40. The van der Waals surface area contributed by atoms with Gasteiger partial charge in [-0.15, -0.1) is 0 Å². The molecule has 0 radical (unpaired) electrons. The highest BCUT2D eigenvalue weighted by Gasteiger charge is 2.51. The number of ketones is 1. The Morgan fingerprint density at radius 2 is 1.13 bits per heavy atom. The number of Topliss-reactive ketones (excluding diaryl/α,β-unsaturated/α-hetero) is 1. The summed E-state index contributed by atoms with van der Waals surface area (Å²) in [5.41, 5.74) is -2.76. The normalized spacial score (nSPS) is 12.8. The SMILES string of the molecule is CC(=O)c1ccc(Oc2nc3c(F)cc(F)cc3s2)cc1.CC(O)(c1ccc(Oc2nc3c(F)cc(F)cc3s2)cc1)C(F)(F)F. The highest BCUT2D eigenvalue weighted by atomic mass is 32.1. The van der Waals surface area contributed by atoms with Gasteiger partial charge in [-0.1, -0.05) is 34.8 Å². The average Bonchev–Trinajstić information content (AvgIpc) is 3.57. The van der Waals surface area contributed by atoms with Crippen molar-refractivity contribution in [2.75, 3.05) is 0 Å². The largest absolute Gasteiger partial charge is 0.431 e. The number of rotatable bonds is 6. The summed E-state index contributed by atoms with van der Waals surface area (Å²) in [6.45, 7) is 2.12. The van der Waals surface area contributed by atoms with E-state index in [1.165, 1.54) is 25.1 Å². The summed E-state index contributed by atoms with van der Waals surface area (Å²) in [4.78, 5) is 19.1. The minimum atomic E-state index is -4.83. The number of benzene rings is 4. The quantitative estimate of drug-likeness (QED) is 0.139. The summed E-state index contributed by atoms with van der Waals surface area (Å²) in [6.07, 6.45) is -4.83. The molecule has 0 spiro atoms. The summed E-state index contributed by atoms with van der Waals surface area (Å²) < 4.78 is 103. The molecule has 0 bridgehead atoms. The Labute approximate surface area is 263 Å². The van der Waals surface area contributed by atoms with Crippen molar-refractivity contribution >= 4 is 48.9 Å². The first-order valence-corrected chi connectivity index (χ1v) is 14.6. The van der Waals surface area contributed by atoms with Crippen molar-refractivity contribution in [1.29, 1.82) is 0 Å². The predicted molar refractivity (Wildman–Crippen MR) is 158 cm³/mol. The molecule has 46 heavy (non-hydrogen) atoms. The number of hydrogen-bond acceptors (Lipinski definition) is 8. The van der Waals surface area contributed by atoms with Crippen molar-refractivity contribution in [3.63, 3.8) is 0 Å². The standard InChI is InChI=1S/C16H10F5NO2S.C15H9F2NO2S/c1-15(23,16(19,20)21)8-2-4-10(5-3-8)24-14-22-13-11(18)6-9(17)7-12(13)25-14;1-8(19)9-2-4-11(5-3-9)20-15-18-14-12(17)6-10(16)7-13(14)21-15/h2-7,23H,1H3;2-7H,1H3. The third-order valence-electron chi connectivity index (χ3n) is 6.43. The van der Waals surface area contributed by atoms with Gasteiger partial charge in [0.25, 0.3) is 10.4 Å². The van der Waals surface area contributed by atoms with Gasteiger partial charge in [0.15, 0.2) is 23.0 Å². The van der Waals surface area contributed by atoms with Crippen LogP contribution < -0.4 is 9.47 Å². The van der Waals surface area contributed by atoms with Crippen LogP contribution >= 0.6 is 22.7 Å². The van der Waals surface area contributed by atoms with Crippen LogP contribution in [0, 0.1) is 23.3 Å². The van der Waals surface area contributed by atoms with Crippen molar-refractivity contribution in [2.45, 2.75) is 25.6 Å². The van der Waals surface area contributed by atoms with Crippen LogP contribution in [0.5, 0.6) is 21.9 Å². The van der Waals surface area contributed by atoms with Crippen LogP contribution in [0.2, 0.25) is 0 Å². The van der Waals surface area contributed by atoms with Gasteiger partial charge < -0.3 is 14.6 Å². The van der Waals surface area contributed by atoms with Gasteiger partial charge >= 0.3 is 6.18 Å². The second-order valence-electron chi connectivity index (χ2n) is 9.81. The van der Waals surface area contributed by atoms with Gasteiger partial charge in [-0.25, -0.2) is 17.6 Å². The van der Waals surface area contributed by atoms with E-state index < -0.39 is 35.0 Å². The number of carbonyl (C=O) groups excluding carboxylic acids is 1. The molecule has 0 aliphatic rings. The molecule has 6 aromatic rings. The Morgan fingerprint density at radius 1 is 0.717 bits per heavy atom. The van der Waals surface area contributed by atoms with Crippen LogP contribution in [-0.2, 0) is 5.60 Å². The molecular formula is C31H19F7N2O4S2. The maximum Gasteiger partial charge on any atom is 0.421 e. The molecule has 4 aromatic carbocycles. The van der Waals surface area contributed by atoms with Crippen molar-refractivity contribution in [3.05, 3.63) is 107 Å². The lowest BCUT2D eigenvalue weighted by molar-refractivity contribution is -0.258. The van der Waals surface area contributed by atoms with Gasteiger partial charge in [0.2, 0.25) is 0 Å². The minimum absolute atomic E-state index is 0.00910. The number of fused-ring (bicyclic) bond motifs is 2. The van der Waals surface area contributed by atoms with Crippen molar-refractivity contribution < 1.29 is 50.1 Å². The second kappa shape index (κ2) is 12.7. The summed E-state index contributed by atoms with van der Waals surface area (Å²) >= 11 is 1.94. The molecule has 0 fully saturated rings. The molecule has 0 saturated heterocycles. The average molecular weight is 681 g/mol. The smallest absolute Gasteiger partial charge is 0.421 e. The lowest BCUT2D eigenvalue weighted by Crippen LogP contribution is -2.39. The zero-order valence-electron chi connectivity index (χ0n) is 23.5. The molecule has 0 aliphatic heterocycles. The lowest BCUT2D eigenvalue weighted by Gasteiger charge is -2.26. The molecule has 0 saturated carbocycles. The molecule has 2 heterocycles. The van der Waals surface area contributed by atoms with E-state index in [1.807, 2.05) is 0 Å². The fraction of sp³-hybridized carbons (Fsp3) is 0.129. The zero-order valence-corrected chi connectivity index (χ0v) is 25.1. The van der Waals surface area contributed by atoms with E-state index in [0.717, 1.165) is 46.9 Å². The Bertz CT molecular complexity index is 2040. The highest BCUT2D eigenvalue weighted by molar-refractivity contribution is 7.20. The zero-order chi connectivity index (χ0) is 33.4. The number of hydrogen-bond donors (Lipinski definition) is 1. The molecular weight excluding hydrogens is 661 g/mol. The predicted octanol–water partition coefficient (Wildman–Crippen LogP) is 9.71. The fourth-order valence-corrected chi connectivity index (χ4v) is 5.68. The van der Waals surface area contributed by atoms with Gasteiger partial charge in [0, 0.05) is 17.7 Å². The number of alkyl halides is 3. The Kier molecular flexibility index (Phi) is 9.02. The fourth-order valence-electron chi connectivity index (χ4n) is 3.93. The Hall–Kier alpha value is -4.60. The van der Waals surface area contributed by atoms with Crippen LogP contribution in [-0.4, -0.2) is 27.0 Å². The summed E-state index contributed by atoms with van der Waals surface area (Å²) in [7, 11) is 0. The molecule has 6 nitrogen and oxygen atoms in total. The molecule has 1 atom stereocenters. The van der Waals surface area contributed by atoms with Crippen LogP contribution in [0.4, 0.5) is 30.7 Å². The van der Waals surface area contributed by atoms with E-state index in [9.17, 15) is 40.6 Å². The van der Waals surface area contributed by atoms with Crippen molar-refractivity contribution in [3.8, 4) is 21.9 Å². The van der Waals surface area contributed by atoms with E-state index in [2.05, 4.69) is 9.97 Å². The van der Waals surface area contributed by atoms with Gasteiger partial charge in [-0.3, -0.25) is 4.79 Å². The van der Waals surface area contributed by atoms with E-state index >= 15 is 0 Å². The number of aliphatic hydroxyl groups is 1. The van der Waals surface area contributed by atoms with Gasteiger partial charge in [0.05, 0.1) is 9.40 Å². The molecule has 1 unspecified atom stereocenters. The lowest BCUT2D eigenvalue weighted by atomic mass is 9.95. The second-order valence-corrected chi connectivity index (χ2v) is 11.8. The van der Waals surface area contributed by atoms with E-state index in [0.29, 0.717) is 29.0 Å². The van der Waals surface area contributed by atoms with Gasteiger partial charge in [0.1, 0.15) is 34.2 Å². The van der Waals surface area contributed by atoms with Crippen LogP contribution in [0.3, 0.4) is 0 Å². The number of halogens is 7. The molecule has 6 rings (SSSR count). The molecule has 2 aromatic heterocycles. The monoisotopic (exact) mass is 680 g/mol. The number of thiazole rings is 2. The maximum atomic E-state index is 13.6. The first kappa shape index (κ1) is 32.8. The summed E-state index contributed by atoms with van der Waals surface area (Å²) in [5.74, 6) is -2.39. The minimum Gasteiger partial charge on any atom is -0.431 e. The Morgan fingerprint density at radius 3 is 1.52 bits per heavy atom. The van der Waals surface area contributed by atoms with Crippen molar-refractivity contribution in [2.24, 2.45) is 0 Å².